The van der Waals surface area contributed by atoms with Crippen molar-refractivity contribution < 1.29 is 23.9 Å². The van der Waals surface area contributed by atoms with E-state index in [4.69, 9.17) is 9.47 Å². The van der Waals surface area contributed by atoms with E-state index >= 15 is 0 Å². The second kappa shape index (κ2) is 9.80. The lowest BCUT2D eigenvalue weighted by atomic mass is 9.96. The van der Waals surface area contributed by atoms with E-state index in [2.05, 4.69) is 5.32 Å². The summed E-state index contributed by atoms with van der Waals surface area (Å²) in [6.45, 7) is 6.37. The zero-order chi connectivity index (χ0) is 22.6. The van der Waals surface area contributed by atoms with Gasteiger partial charge in [-0.05, 0) is 57.9 Å². The van der Waals surface area contributed by atoms with Gasteiger partial charge >= 0.3 is 6.09 Å². The van der Waals surface area contributed by atoms with E-state index in [0.717, 1.165) is 6.42 Å². The molecular weight excluding hydrogens is 418 g/mol. The topological polar surface area (TPSA) is 88.2 Å². The van der Waals surface area contributed by atoms with Gasteiger partial charge in [0.05, 0.1) is 18.9 Å². The number of carbonyl (C=O) groups excluding carboxylic acids is 3. The van der Waals surface area contributed by atoms with Gasteiger partial charge in [0.1, 0.15) is 17.4 Å². The zero-order valence-electron chi connectivity index (χ0n) is 18.6. The molecule has 9 heteroatoms. The Bertz CT molecular complexity index is 808. The summed E-state index contributed by atoms with van der Waals surface area (Å²) in [6, 6.07) is 6.55. The molecule has 0 aromatic heterocycles. The van der Waals surface area contributed by atoms with Gasteiger partial charge in [0.15, 0.2) is 0 Å². The summed E-state index contributed by atoms with van der Waals surface area (Å²) in [5, 5.41) is 2.89. The Morgan fingerprint density at radius 1 is 1.16 bits per heavy atom. The number of anilines is 1. The molecule has 8 nitrogen and oxygen atoms in total. The predicted octanol–water partition coefficient (Wildman–Crippen LogP) is 3.18. The van der Waals surface area contributed by atoms with E-state index in [9.17, 15) is 14.4 Å². The molecule has 0 spiro atoms. The number of amides is 3. The maximum atomic E-state index is 13.2. The van der Waals surface area contributed by atoms with E-state index in [-0.39, 0.29) is 17.7 Å². The fraction of sp³-hybridized carbons (Fsp3) is 0.591. The van der Waals surface area contributed by atoms with Crippen LogP contribution in [0.3, 0.4) is 0 Å². The van der Waals surface area contributed by atoms with Gasteiger partial charge in [-0.2, -0.15) is 0 Å². The van der Waals surface area contributed by atoms with Gasteiger partial charge in [-0.1, -0.05) is 0 Å². The summed E-state index contributed by atoms with van der Waals surface area (Å²) in [4.78, 5) is 41.8. The number of likely N-dealkylation sites (tertiary alicyclic amines) is 1. The third-order valence-electron chi connectivity index (χ3n) is 5.25. The molecule has 0 bridgehead atoms. The molecule has 1 N–H and O–H groups in total. The minimum Gasteiger partial charge on any atom is -0.497 e. The molecule has 2 aliphatic heterocycles. The highest BCUT2D eigenvalue weighted by atomic mass is 32.2. The number of nitrogens with one attached hydrogen (secondary N) is 1. The van der Waals surface area contributed by atoms with Gasteiger partial charge < -0.3 is 24.6 Å². The van der Waals surface area contributed by atoms with E-state index in [1.165, 1.54) is 0 Å². The van der Waals surface area contributed by atoms with E-state index < -0.39 is 17.7 Å². The van der Waals surface area contributed by atoms with Crippen molar-refractivity contribution in [3.63, 3.8) is 0 Å². The average Bonchev–Trinajstić information content (AvgIpc) is 3.22. The Balaban J connectivity index is 1.61. The number of piperidine rings is 1. The highest BCUT2D eigenvalue weighted by Gasteiger charge is 2.40. The maximum absolute atomic E-state index is 13.2. The number of hydrogen-bond donors (Lipinski definition) is 1. The molecule has 2 saturated heterocycles. The standard InChI is InChI=1S/C22H31N3O5S/c1-22(2,3)30-21(28)24-11-5-6-15(12-24)20(27)25-14-31-13-18(25)19(26)23-16-7-9-17(29-4)10-8-16/h7-10,15,18H,5-6,11-14H2,1-4H3,(H,23,26). The highest BCUT2D eigenvalue weighted by Crippen LogP contribution is 2.28. The molecule has 2 aliphatic rings. The zero-order valence-corrected chi connectivity index (χ0v) is 19.4. The van der Waals surface area contributed by atoms with Gasteiger partial charge in [0.2, 0.25) is 11.8 Å². The van der Waals surface area contributed by atoms with Gasteiger partial charge in [0.25, 0.3) is 0 Å². The lowest BCUT2D eigenvalue weighted by molar-refractivity contribution is -0.141. The predicted molar refractivity (Wildman–Crippen MR) is 120 cm³/mol. The maximum Gasteiger partial charge on any atom is 0.410 e. The Morgan fingerprint density at radius 3 is 2.52 bits per heavy atom. The molecule has 3 amide bonds. The molecular formula is C22H31N3O5S. The average molecular weight is 450 g/mol. The van der Waals surface area contributed by atoms with E-state index in [1.54, 1.807) is 52.9 Å². The van der Waals surface area contributed by atoms with Gasteiger partial charge in [0, 0.05) is 24.5 Å². The van der Waals surface area contributed by atoms with Gasteiger partial charge in [-0.25, -0.2) is 4.79 Å². The van der Waals surface area contributed by atoms with Gasteiger partial charge in [-0.3, -0.25) is 9.59 Å². The van der Waals surface area contributed by atoms with Crippen molar-refractivity contribution in [2.24, 2.45) is 5.92 Å². The number of nitrogens with zero attached hydrogens (tertiary/aromatic N) is 2. The van der Waals surface area contributed by atoms with Crippen molar-refractivity contribution >= 4 is 35.4 Å². The normalized spacial score (nSPS) is 21.5. The third-order valence-corrected chi connectivity index (χ3v) is 6.26. The number of methoxy groups -OCH3 is 1. The molecule has 2 fully saturated rings. The Kier molecular flexibility index (Phi) is 7.35. The van der Waals surface area contributed by atoms with Crippen LogP contribution in [0.25, 0.3) is 0 Å². The van der Waals surface area contributed by atoms with Crippen LogP contribution in [0.5, 0.6) is 5.75 Å². The largest absolute Gasteiger partial charge is 0.497 e. The van der Waals surface area contributed by atoms with E-state index in [0.29, 0.717) is 42.6 Å². The summed E-state index contributed by atoms with van der Waals surface area (Å²) in [7, 11) is 1.59. The monoisotopic (exact) mass is 449 g/mol. The van der Waals surface area contributed by atoms with Crippen LogP contribution >= 0.6 is 11.8 Å². The number of hydrogen-bond acceptors (Lipinski definition) is 6. The van der Waals surface area contributed by atoms with Crippen LogP contribution in [-0.2, 0) is 14.3 Å². The molecule has 3 rings (SSSR count). The molecule has 2 unspecified atom stereocenters. The summed E-state index contributed by atoms with van der Waals surface area (Å²) in [5.41, 5.74) is 0.0773. The highest BCUT2D eigenvalue weighted by molar-refractivity contribution is 7.99. The van der Waals surface area contributed by atoms with Crippen molar-refractivity contribution in [2.75, 3.05) is 37.1 Å². The van der Waals surface area contributed by atoms with Crippen molar-refractivity contribution in [1.29, 1.82) is 0 Å². The minimum absolute atomic E-state index is 0.0758. The first-order valence-electron chi connectivity index (χ1n) is 10.5. The quantitative estimate of drug-likeness (QED) is 0.760. The van der Waals surface area contributed by atoms with Crippen LogP contribution in [0.2, 0.25) is 0 Å². The van der Waals surface area contributed by atoms with Crippen molar-refractivity contribution in [1.82, 2.24) is 9.80 Å². The Hall–Kier alpha value is -2.42. The van der Waals surface area contributed by atoms with Crippen LogP contribution in [0, 0.1) is 5.92 Å². The third kappa shape index (κ3) is 6.06. The fourth-order valence-corrected chi connectivity index (χ4v) is 4.85. The first kappa shape index (κ1) is 23.2. The number of benzene rings is 1. The second-order valence-electron chi connectivity index (χ2n) is 8.81. The second-order valence-corrected chi connectivity index (χ2v) is 9.81. The number of carbonyl (C=O) groups is 3. The number of rotatable bonds is 4. The van der Waals surface area contributed by atoms with Crippen LogP contribution < -0.4 is 10.1 Å². The van der Waals surface area contributed by atoms with Crippen molar-refractivity contribution in [3.05, 3.63) is 24.3 Å². The number of ether oxygens (including phenoxy) is 2. The molecule has 1 aromatic carbocycles. The van der Waals surface area contributed by atoms with Crippen LogP contribution in [-0.4, -0.2) is 71.2 Å². The first-order chi connectivity index (χ1) is 14.7. The molecule has 0 radical (unpaired) electrons. The lowest BCUT2D eigenvalue weighted by Gasteiger charge is -2.35. The summed E-state index contributed by atoms with van der Waals surface area (Å²) in [6.07, 6.45) is 1.04. The smallest absolute Gasteiger partial charge is 0.410 e. The van der Waals surface area contributed by atoms with Crippen molar-refractivity contribution in [2.45, 2.75) is 45.3 Å². The number of thioether (sulfide) groups is 1. The molecule has 0 saturated carbocycles. The first-order valence-corrected chi connectivity index (χ1v) is 11.6. The molecule has 2 atom stereocenters. The lowest BCUT2D eigenvalue weighted by Crippen LogP contribution is -2.51. The Labute approximate surface area is 187 Å². The molecule has 31 heavy (non-hydrogen) atoms. The Morgan fingerprint density at radius 2 is 1.87 bits per heavy atom. The summed E-state index contributed by atoms with van der Waals surface area (Å²) in [5.74, 6) is 1.13. The molecule has 2 heterocycles. The molecule has 1 aromatic rings. The summed E-state index contributed by atoms with van der Waals surface area (Å²) < 4.78 is 10.6. The fourth-order valence-electron chi connectivity index (χ4n) is 3.68. The molecule has 170 valence electrons. The SMILES string of the molecule is COc1ccc(NC(=O)C2CSCN2C(=O)C2CCCN(C(=O)OC(C)(C)C)C2)cc1. The van der Waals surface area contributed by atoms with Gasteiger partial charge in [-0.15, -0.1) is 11.8 Å². The van der Waals surface area contributed by atoms with Crippen LogP contribution in [0.15, 0.2) is 24.3 Å². The minimum atomic E-state index is -0.579. The van der Waals surface area contributed by atoms with Crippen LogP contribution in [0.1, 0.15) is 33.6 Å². The molecule has 0 aliphatic carbocycles. The van der Waals surface area contributed by atoms with E-state index in [1.807, 2.05) is 20.8 Å². The van der Waals surface area contributed by atoms with Crippen LogP contribution in [0.4, 0.5) is 10.5 Å². The van der Waals surface area contributed by atoms with Crippen molar-refractivity contribution in [3.8, 4) is 5.75 Å². The summed E-state index contributed by atoms with van der Waals surface area (Å²) >= 11 is 1.56.